The van der Waals surface area contributed by atoms with E-state index in [-0.39, 0.29) is 5.25 Å². The molecule has 0 aliphatic heterocycles. The topological polar surface area (TPSA) is 52.7 Å². The van der Waals surface area contributed by atoms with Crippen LogP contribution in [0.2, 0.25) is 0 Å². The number of hydrogen-bond donors (Lipinski definition) is 0. The van der Waals surface area contributed by atoms with Gasteiger partial charge in [-0.1, -0.05) is 0 Å². The number of aromatic nitrogens is 4. The van der Waals surface area contributed by atoms with Crippen LogP contribution in [0.3, 0.4) is 0 Å². The molecule has 0 aliphatic carbocycles. The van der Waals surface area contributed by atoms with Gasteiger partial charge >= 0.3 is 0 Å². The van der Waals surface area contributed by atoms with Gasteiger partial charge in [-0.2, -0.15) is 5.10 Å². The van der Waals surface area contributed by atoms with Gasteiger partial charge in [0.05, 0.1) is 5.69 Å². The smallest absolute Gasteiger partial charge is 0.158 e. The molecule has 0 spiro atoms. The molecule has 2 rings (SSSR count). The van der Waals surface area contributed by atoms with Crippen molar-refractivity contribution in [3.8, 4) is 0 Å². The van der Waals surface area contributed by atoms with Crippen LogP contribution in [0.5, 0.6) is 0 Å². The first-order valence-corrected chi connectivity index (χ1v) is 8.95. The van der Waals surface area contributed by atoms with Gasteiger partial charge in [-0.3, -0.25) is 4.21 Å². The maximum Gasteiger partial charge on any atom is 0.158 e. The molecule has 2 aromatic heterocycles. The number of imidazole rings is 1. The molecule has 20 heavy (non-hydrogen) atoms. The van der Waals surface area contributed by atoms with E-state index in [9.17, 15) is 4.21 Å². The van der Waals surface area contributed by atoms with E-state index in [0.717, 1.165) is 29.2 Å². The second kappa shape index (κ2) is 6.26. The summed E-state index contributed by atoms with van der Waals surface area (Å²) in [4.78, 5) is 4.68. The molecule has 0 aromatic carbocycles. The van der Waals surface area contributed by atoms with Crippen LogP contribution in [0.15, 0.2) is 0 Å². The van der Waals surface area contributed by atoms with Crippen molar-refractivity contribution in [3.63, 3.8) is 0 Å². The van der Waals surface area contributed by atoms with Crippen LogP contribution >= 0.6 is 11.6 Å². The zero-order valence-electron chi connectivity index (χ0n) is 12.4. The van der Waals surface area contributed by atoms with E-state index in [0.29, 0.717) is 18.8 Å². The minimum Gasteiger partial charge on any atom is -0.312 e. The van der Waals surface area contributed by atoms with Crippen LogP contribution in [0.4, 0.5) is 0 Å². The third-order valence-electron chi connectivity index (χ3n) is 3.50. The molecule has 5 nitrogen and oxygen atoms in total. The highest BCUT2D eigenvalue weighted by atomic mass is 35.5. The number of fused-ring (bicyclic) bond motifs is 1. The van der Waals surface area contributed by atoms with Crippen molar-refractivity contribution in [3.05, 3.63) is 11.5 Å². The Morgan fingerprint density at radius 3 is 2.70 bits per heavy atom. The largest absolute Gasteiger partial charge is 0.312 e. The summed E-state index contributed by atoms with van der Waals surface area (Å²) in [6.45, 7) is 7.49. The fourth-order valence-corrected chi connectivity index (χ4v) is 2.85. The highest BCUT2D eigenvalue weighted by Crippen LogP contribution is 2.21. The molecule has 2 unspecified atom stereocenters. The van der Waals surface area contributed by atoms with E-state index >= 15 is 0 Å². The quantitative estimate of drug-likeness (QED) is 0.767. The molecule has 112 valence electrons. The normalized spacial score (nSPS) is 14.8. The molecule has 0 bridgehead atoms. The van der Waals surface area contributed by atoms with E-state index in [1.54, 1.807) is 6.26 Å². The van der Waals surface area contributed by atoms with Crippen molar-refractivity contribution in [1.82, 2.24) is 19.3 Å². The van der Waals surface area contributed by atoms with Crippen LogP contribution in [-0.4, -0.2) is 40.9 Å². The van der Waals surface area contributed by atoms with Gasteiger partial charge in [0.25, 0.3) is 0 Å². The van der Waals surface area contributed by atoms with Crippen LogP contribution < -0.4 is 0 Å². The number of aryl methyl sites for hydroxylation is 3. The van der Waals surface area contributed by atoms with E-state index in [2.05, 4.69) is 21.6 Å². The summed E-state index contributed by atoms with van der Waals surface area (Å²) in [5, 5.41) is 4.58. The molecular formula is C13H21ClN4OS. The molecule has 0 fully saturated rings. The van der Waals surface area contributed by atoms with Crippen molar-refractivity contribution in [2.75, 3.05) is 12.1 Å². The van der Waals surface area contributed by atoms with Crippen LogP contribution in [0, 0.1) is 6.92 Å². The van der Waals surface area contributed by atoms with Crippen LogP contribution in [-0.2, 0) is 30.3 Å². The van der Waals surface area contributed by atoms with Gasteiger partial charge < -0.3 is 4.57 Å². The summed E-state index contributed by atoms with van der Waals surface area (Å²) in [6, 6.07) is 0. The highest BCUT2D eigenvalue weighted by Gasteiger charge is 2.20. The van der Waals surface area contributed by atoms with Crippen molar-refractivity contribution < 1.29 is 4.21 Å². The number of halogens is 1. The van der Waals surface area contributed by atoms with Gasteiger partial charge in [0.15, 0.2) is 5.65 Å². The predicted octanol–water partition coefficient (Wildman–Crippen LogP) is 2.11. The zero-order chi connectivity index (χ0) is 14.9. The number of hydrogen-bond acceptors (Lipinski definition) is 3. The van der Waals surface area contributed by atoms with E-state index < -0.39 is 10.8 Å². The molecule has 0 saturated heterocycles. The lowest BCUT2D eigenvalue weighted by molar-refractivity contribution is 0.599. The summed E-state index contributed by atoms with van der Waals surface area (Å²) >= 11 is 5.88. The highest BCUT2D eigenvalue weighted by molar-refractivity contribution is 7.84. The SMILES string of the molecule is CCn1nc(C)c2nc(CCCl)n(CC(C)S(C)=O)c21. The lowest BCUT2D eigenvalue weighted by Gasteiger charge is -2.13. The molecule has 2 atom stereocenters. The van der Waals surface area contributed by atoms with Gasteiger partial charge in [-0.25, -0.2) is 9.67 Å². The molecule has 2 heterocycles. The maximum atomic E-state index is 11.7. The minimum atomic E-state index is -0.863. The summed E-state index contributed by atoms with van der Waals surface area (Å²) in [5.74, 6) is 1.48. The maximum absolute atomic E-state index is 11.7. The average Bonchev–Trinajstić information content (AvgIpc) is 2.89. The first kappa shape index (κ1) is 15.5. The van der Waals surface area contributed by atoms with Gasteiger partial charge in [-0.05, 0) is 20.8 Å². The Labute approximate surface area is 126 Å². The molecule has 7 heteroatoms. The monoisotopic (exact) mass is 316 g/mol. The Balaban J connectivity index is 2.57. The summed E-state index contributed by atoms with van der Waals surface area (Å²) in [5.41, 5.74) is 2.88. The third-order valence-corrected chi connectivity index (χ3v) is 4.97. The fourth-order valence-electron chi connectivity index (χ4n) is 2.32. The van der Waals surface area contributed by atoms with Crippen LogP contribution in [0.1, 0.15) is 25.4 Å². The first-order chi connectivity index (χ1) is 9.49. The van der Waals surface area contributed by atoms with Gasteiger partial charge in [0.1, 0.15) is 11.3 Å². The average molecular weight is 317 g/mol. The lowest BCUT2D eigenvalue weighted by atomic mass is 10.4. The first-order valence-electron chi connectivity index (χ1n) is 6.80. The molecule has 0 aliphatic rings. The Morgan fingerprint density at radius 1 is 1.45 bits per heavy atom. The summed E-state index contributed by atoms with van der Waals surface area (Å²) in [6.07, 6.45) is 2.45. The Kier molecular flexibility index (Phi) is 4.86. The molecule has 0 N–H and O–H groups in total. The number of nitrogens with zero attached hydrogens (tertiary/aromatic N) is 4. The molecule has 0 radical (unpaired) electrons. The summed E-state index contributed by atoms with van der Waals surface area (Å²) in [7, 11) is -0.863. The standard InChI is InChI=1S/C13H21ClN4OS/c1-5-18-13-12(10(3)16-18)15-11(6-7-14)17(13)8-9(2)20(4)19/h9H,5-8H2,1-4H3. The van der Waals surface area contributed by atoms with E-state index in [1.165, 1.54) is 0 Å². The van der Waals surface area contributed by atoms with E-state index in [1.807, 2.05) is 18.5 Å². The molecule has 2 aromatic rings. The van der Waals surface area contributed by atoms with Gasteiger partial charge in [0, 0.05) is 47.7 Å². The van der Waals surface area contributed by atoms with Crippen LogP contribution in [0.25, 0.3) is 11.2 Å². The fraction of sp³-hybridized carbons (Fsp3) is 0.692. The van der Waals surface area contributed by atoms with Crippen molar-refractivity contribution in [2.45, 2.75) is 45.5 Å². The summed E-state index contributed by atoms with van der Waals surface area (Å²) < 4.78 is 15.8. The minimum absolute atomic E-state index is 0.0713. The number of alkyl halides is 1. The zero-order valence-corrected chi connectivity index (χ0v) is 14.0. The lowest BCUT2D eigenvalue weighted by Crippen LogP contribution is -2.20. The molecular weight excluding hydrogens is 296 g/mol. The molecule has 0 amide bonds. The van der Waals surface area contributed by atoms with Crippen molar-refractivity contribution >= 4 is 33.6 Å². The second-order valence-electron chi connectivity index (χ2n) is 4.96. The van der Waals surface area contributed by atoms with Gasteiger partial charge in [-0.15, -0.1) is 11.6 Å². The second-order valence-corrected chi connectivity index (χ2v) is 7.14. The van der Waals surface area contributed by atoms with Crippen molar-refractivity contribution in [1.29, 1.82) is 0 Å². The number of rotatable bonds is 6. The molecule has 0 saturated carbocycles. The Morgan fingerprint density at radius 2 is 2.15 bits per heavy atom. The predicted molar refractivity (Wildman–Crippen MR) is 83.9 cm³/mol. The van der Waals surface area contributed by atoms with E-state index in [4.69, 9.17) is 11.6 Å². The Bertz CT molecular complexity index is 634. The Hall–Kier alpha value is -0.880. The van der Waals surface area contributed by atoms with Crippen molar-refractivity contribution in [2.24, 2.45) is 0 Å². The third kappa shape index (κ3) is 2.76. The van der Waals surface area contributed by atoms with Gasteiger partial charge in [0.2, 0.25) is 0 Å².